The van der Waals surface area contributed by atoms with Crippen molar-refractivity contribution in [3.63, 3.8) is 0 Å². The van der Waals surface area contributed by atoms with Crippen molar-refractivity contribution in [3.8, 4) is 0 Å². The van der Waals surface area contributed by atoms with Crippen LogP contribution < -0.4 is 4.90 Å². The van der Waals surface area contributed by atoms with Crippen molar-refractivity contribution < 1.29 is 67.2 Å². The maximum Gasteiger partial charge on any atom is 0.396 e. The third kappa shape index (κ3) is 4.85. The van der Waals surface area contributed by atoms with E-state index in [0.717, 1.165) is 0 Å². The topological polar surface area (TPSA) is 258 Å². The molecule has 0 saturated heterocycles. The molecule has 4 amide bonds. The number of carboxylic acids is 4. The molecule has 0 heterocycles. The molecule has 0 saturated carbocycles. The summed E-state index contributed by atoms with van der Waals surface area (Å²) in [5, 5.41) is 34.7. The molecule has 0 atom stereocenters. The van der Waals surface area contributed by atoms with Crippen LogP contribution in [0, 0.1) is 0 Å². The molecule has 0 unspecified atom stereocenters. The van der Waals surface area contributed by atoms with Crippen LogP contribution in [0.15, 0.2) is 29.2 Å². The Morgan fingerprint density at radius 1 is 0.581 bits per heavy atom. The van der Waals surface area contributed by atoms with Gasteiger partial charge >= 0.3 is 47.5 Å². The van der Waals surface area contributed by atoms with Gasteiger partial charge in [-0.2, -0.15) is 4.31 Å². The van der Waals surface area contributed by atoms with Crippen LogP contribution in [0.3, 0.4) is 0 Å². The summed E-state index contributed by atoms with van der Waals surface area (Å²) in [5.41, 5.74) is -0.778. The van der Waals surface area contributed by atoms with E-state index in [1.54, 1.807) is 0 Å². The number of imide groups is 2. The van der Waals surface area contributed by atoms with Crippen LogP contribution >= 0.6 is 0 Å². The Morgan fingerprint density at radius 3 is 1.19 bits per heavy atom. The lowest BCUT2D eigenvalue weighted by atomic mass is 10.2. The van der Waals surface area contributed by atoms with Crippen molar-refractivity contribution in [2.45, 2.75) is 4.90 Å². The first-order valence-corrected chi connectivity index (χ1v) is 8.63. The molecular formula is C14H8N2O14S. The first kappa shape index (κ1) is 24.4. The average molecular weight is 460 g/mol. The van der Waals surface area contributed by atoms with Gasteiger partial charge in [-0.25, -0.2) is 32.5 Å². The second kappa shape index (κ2) is 8.78. The van der Waals surface area contributed by atoms with E-state index in [9.17, 15) is 46.8 Å². The Labute approximate surface area is 169 Å². The van der Waals surface area contributed by atoms with Gasteiger partial charge in [0.15, 0.2) is 0 Å². The summed E-state index contributed by atoms with van der Waals surface area (Å²) in [5.74, 6) is -18.5. The van der Waals surface area contributed by atoms with Gasteiger partial charge in [0.05, 0.1) is 10.6 Å². The molecule has 0 aliphatic rings. The van der Waals surface area contributed by atoms with E-state index in [1.807, 2.05) is 0 Å². The summed E-state index contributed by atoms with van der Waals surface area (Å²) in [4.78, 5) is 88.0. The highest BCUT2D eigenvalue weighted by Crippen LogP contribution is 2.22. The average Bonchev–Trinajstić information content (AvgIpc) is 2.67. The Morgan fingerprint density at radius 2 is 0.903 bits per heavy atom. The van der Waals surface area contributed by atoms with Crippen LogP contribution in [0.5, 0.6) is 0 Å². The molecule has 4 N–H and O–H groups in total. The van der Waals surface area contributed by atoms with E-state index in [4.69, 9.17) is 20.4 Å². The third-order valence-electron chi connectivity index (χ3n) is 3.14. The van der Waals surface area contributed by atoms with Crippen LogP contribution in [0.25, 0.3) is 0 Å². The fourth-order valence-corrected chi connectivity index (χ4v) is 3.16. The molecule has 164 valence electrons. The maximum atomic E-state index is 12.4. The number of hydrogen-bond acceptors (Lipinski definition) is 10. The number of hydrogen-bond donors (Lipinski definition) is 4. The summed E-state index contributed by atoms with van der Waals surface area (Å²) in [7, 11) is -5.45. The van der Waals surface area contributed by atoms with Crippen LogP contribution in [-0.2, 0) is 48.4 Å². The minimum absolute atomic E-state index is 0.358. The van der Waals surface area contributed by atoms with Gasteiger partial charge in [-0.1, -0.05) is 0 Å². The molecule has 17 heteroatoms. The molecule has 0 aliphatic heterocycles. The molecule has 0 spiro atoms. The number of carbonyl (C=O) groups is 8. The zero-order chi connectivity index (χ0) is 24.3. The van der Waals surface area contributed by atoms with Gasteiger partial charge in [-0.05, 0) is 24.3 Å². The van der Waals surface area contributed by atoms with E-state index in [1.165, 1.54) is 0 Å². The molecule has 0 aromatic heterocycles. The number of benzene rings is 1. The molecule has 0 fully saturated rings. The standard InChI is InChI=1S/C14H8N2O14S/c17-7(11(21)22)15(8(18)12(23)24)5-1-3-6(4-2-5)31(29,30)16(9(19)13(25)26)10(20)14(27)28/h1-4H,(H,21,22)(H,23,24)(H,25,26)(H,27,28). The van der Waals surface area contributed by atoms with Crippen molar-refractivity contribution in [1.29, 1.82) is 0 Å². The molecule has 1 rings (SSSR count). The summed E-state index contributed by atoms with van der Waals surface area (Å²) in [6, 6.07) is 1.84. The van der Waals surface area contributed by atoms with Crippen molar-refractivity contribution in [2.24, 2.45) is 0 Å². The number of nitrogens with zero attached hydrogens (tertiary/aromatic N) is 2. The summed E-state index contributed by atoms with van der Waals surface area (Å²) >= 11 is 0. The number of rotatable bonds is 3. The number of carbonyl (C=O) groups excluding carboxylic acids is 4. The quantitative estimate of drug-likeness (QED) is 0.326. The molecule has 31 heavy (non-hydrogen) atoms. The molecule has 0 bridgehead atoms. The lowest BCUT2D eigenvalue weighted by Gasteiger charge is -2.19. The number of anilines is 1. The second-order valence-corrected chi connectivity index (χ2v) is 6.83. The lowest BCUT2D eigenvalue weighted by Crippen LogP contribution is -2.48. The van der Waals surface area contributed by atoms with Gasteiger partial charge in [-0.3, -0.25) is 19.2 Å². The minimum Gasteiger partial charge on any atom is -0.474 e. The zero-order valence-electron chi connectivity index (χ0n) is 14.5. The monoisotopic (exact) mass is 460 g/mol. The van der Waals surface area contributed by atoms with Gasteiger partial charge in [-0.15, -0.1) is 0 Å². The predicted octanol–water partition coefficient (Wildman–Crippen LogP) is -3.07. The summed E-state index contributed by atoms with van der Waals surface area (Å²) in [6.45, 7) is 0. The van der Waals surface area contributed by atoms with Crippen LogP contribution in [0.4, 0.5) is 5.69 Å². The van der Waals surface area contributed by atoms with Crippen LogP contribution in [0.1, 0.15) is 0 Å². The Balaban J connectivity index is 3.57. The SMILES string of the molecule is O=C(O)C(=O)N(C(=O)C(=O)O)c1ccc(S(=O)(=O)N(C(=O)C(=O)O)C(=O)C(=O)O)cc1. The predicted molar refractivity (Wildman–Crippen MR) is 88.5 cm³/mol. The van der Waals surface area contributed by atoms with E-state index in [2.05, 4.69) is 0 Å². The number of carboxylic acid groups (broad SMARTS) is 4. The fourth-order valence-electron chi connectivity index (χ4n) is 1.87. The Kier molecular flexibility index (Phi) is 6.90. The van der Waals surface area contributed by atoms with Crippen LogP contribution in [-0.4, -0.2) is 80.7 Å². The smallest absolute Gasteiger partial charge is 0.396 e. The van der Waals surface area contributed by atoms with Gasteiger partial charge in [0.1, 0.15) is 0 Å². The second-order valence-electron chi connectivity index (χ2n) is 5.04. The van der Waals surface area contributed by atoms with Crippen molar-refractivity contribution in [1.82, 2.24) is 4.31 Å². The maximum absolute atomic E-state index is 12.4. The van der Waals surface area contributed by atoms with E-state index in [0.29, 0.717) is 24.3 Å². The molecule has 1 aromatic carbocycles. The van der Waals surface area contributed by atoms with Gasteiger partial charge in [0.25, 0.3) is 10.0 Å². The van der Waals surface area contributed by atoms with Crippen LogP contribution in [0.2, 0.25) is 0 Å². The van der Waals surface area contributed by atoms with E-state index < -0.39 is 72.4 Å². The number of amides is 4. The normalized spacial score (nSPS) is 10.5. The minimum atomic E-state index is -5.45. The molecular weight excluding hydrogens is 452 g/mol. The summed E-state index contributed by atoms with van der Waals surface area (Å²) < 4.78 is 23.7. The Hall–Kier alpha value is -4.67. The van der Waals surface area contributed by atoms with Crippen molar-refractivity contribution in [3.05, 3.63) is 24.3 Å². The van der Waals surface area contributed by atoms with Gasteiger partial charge < -0.3 is 20.4 Å². The van der Waals surface area contributed by atoms with Crippen molar-refractivity contribution in [2.75, 3.05) is 4.90 Å². The molecule has 16 nitrogen and oxygen atoms in total. The van der Waals surface area contributed by atoms with Gasteiger partial charge in [0, 0.05) is 0 Å². The van der Waals surface area contributed by atoms with Crippen molar-refractivity contribution >= 4 is 63.2 Å². The first-order valence-electron chi connectivity index (χ1n) is 7.19. The number of sulfonamides is 1. The highest BCUT2D eigenvalue weighted by atomic mass is 32.2. The zero-order valence-corrected chi connectivity index (χ0v) is 15.3. The van der Waals surface area contributed by atoms with E-state index >= 15 is 0 Å². The van der Waals surface area contributed by atoms with E-state index in [-0.39, 0.29) is 4.90 Å². The Bertz CT molecular complexity index is 1080. The highest BCUT2D eigenvalue weighted by molar-refractivity contribution is 7.90. The number of aliphatic carboxylic acids is 4. The molecule has 0 radical (unpaired) electrons. The fraction of sp³-hybridized carbons (Fsp3) is 0. The highest BCUT2D eigenvalue weighted by Gasteiger charge is 2.42. The summed E-state index contributed by atoms with van der Waals surface area (Å²) in [6.07, 6.45) is 0. The lowest BCUT2D eigenvalue weighted by molar-refractivity contribution is -0.161. The largest absolute Gasteiger partial charge is 0.474 e. The van der Waals surface area contributed by atoms with Gasteiger partial charge in [0.2, 0.25) is 0 Å². The molecule has 0 aliphatic carbocycles. The first-order chi connectivity index (χ1) is 14.1. The molecule has 1 aromatic rings. The third-order valence-corrected chi connectivity index (χ3v) is 4.82.